The minimum atomic E-state index is 0.321. The molecule has 3 nitrogen and oxygen atoms in total. The van der Waals surface area contributed by atoms with Crippen molar-refractivity contribution in [2.75, 3.05) is 5.43 Å². The minimum absolute atomic E-state index is 0.321. The summed E-state index contributed by atoms with van der Waals surface area (Å²) in [5, 5.41) is 0. The average molecular weight is 179 g/mol. The summed E-state index contributed by atoms with van der Waals surface area (Å²) in [5.41, 5.74) is 3.79. The van der Waals surface area contributed by atoms with Crippen molar-refractivity contribution in [3.8, 4) is 0 Å². The molecule has 0 amide bonds. The van der Waals surface area contributed by atoms with E-state index in [9.17, 15) is 0 Å². The van der Waals surface area contributed by atoms with Crippen LogP contribution in [0.2, 0.25) is 0 Å². The summed E-state index contributed by atoms with van der Waals surface area (Å²) in [4.78, 5) is 4.27. The second kappa shape index (κ2) is 2.76. The molecule has 13 heavy (non-hydrogen) atoms. The first-order chi connectivity index (χ1) is 6.07. The molecule has 1 aliphatic heterocycles. The van der Waals surface area contributed by atoms with E-state index in [0.29, 0.717) is 11.5 Å². The Kier molecular flexibility index (Phi) is 1.82. The Balaban J connectivity index is 2.18. The number of aromatic nitrogens is 2. The summed E-state index contributed by atoms with van der Waals surface area (Å²) in [7, 11) is 0. The van der Waals surface area contributed by atoms with Gasteiger partial charge in [0.05, 0.1) is 0 Å². The van der Waals surface area contributed by atoms with Crippen LogP contribution in [0.25, 0.3) is 0 Å². The highest BCUT2D eigenvalue weighted by molar-refractivity contribution is 5.05. The summed E-state index contributed by atoms with van der Waals surface area (Å²) < 4.78 is 2.05. The van der Waals surface area contributed by atoms with E-state index in [4.69, 9.17) is 0 Å². The number of nitrogens with zero attached hydrogens (tertiary/aromatic N) is 2. The zero-order valence-electron chi connectivity index (χ0n) is 8.54. The van der Waals surface area contributed by atoms with Crippen LogP contribution in [0, 0.1) is 5.41 Å². The Bertz CT molecular complexity index is 295. The number of fused-ring (bicyclic) bond motifs is 1. The van der Waals surface area contributed by atoms with Crippen LogP contribution < -0.4 is 5.43 Å². The molecule has 0 aliphatic carbocycles. The van der Waals surface area contributed by atoms with E-state index in [0.717, 1.165) is 12.2 Å². The van der Waals surface area contributed by atoms with Gasteiger partial charge in [-0.2, -0.15) is 0 Å². The molecule has 1 aliphatic rings. The second-order valence-electron chi connectivity index (χ2n) is 4.80. The van der Waals surface area contributed by atoms with E-state index in [1.54, 1.807) is 0 Å². The van der Waals surface area contributed by atoms with E-state index >= 15 is 0 Å². The van der Waals surface area contributed by atoms with Crippen LogP contribution in [0.5, 0.6) is 0 Å². The van der Waals surface area contributed by atoms with Crippen molar-refractivity contribution in [1.29, 1.82) is 0 Å². The van der Waals surface area contributed by atoms with Crippen molar-refractivity contribution in [1.82, 2.24) is 9.66 Å². The first-order valence-corrected chi connectivity index (χ1v) is 4.86. The Labute approximate surface area is 79.1 Å². The fourth-order valence-corrected chi connectivity index (χ4v) is 1.77. The molecule has 2 rings (SSSR count). The van der Waals surface area contributed by atoms with E-state index in [1.165, 1.54) is 6.42 Å². The zero-order chi connectivity index (χ0) is 9.47. The molecule has 1 aromatic heterocycles. The number of rotatable bonds is 0. The van der Waals surface area contributed by atoms with Gasteiger partial charge in [0.2, 0.25) is 0 Å². The third kappa shape index (κ3) is 1.55. The first kappa shape index (κ1) is 8.60. The van der Waals surface area contributed by atoms with Gasteiger partial charge in [-0.05, 0) is 11.8 Å². The van der Waals surface area contributed by atoms with Gasteiger partial charge in [0.15, 0.2) is 0 Å². The van der Waals surface area contributed by atoms with E-state index in [-0.39, 0.29) is 0 Å². The summed E-state index contributed by atoms with van der Waals surface area (Å²) in [5.74, 6) is 1.15. The topological polar surface area (TPSA) is 29.9 Å². The van der Waals surface area contributed by atoms with Crippen LogP contribution in [0.1, 0.15) is 33.0 Å². The standard InChI is InChI=1S/C10H17N3/c1-10(2,3)8-4-5-9-11-6-7-13(9)12-8/h6-8,12H,4-5H2,1-3H3. The van der Waals surface area contributed by atoms with Crippen LogP contribution in [0.3, 0.4) is 0 Å². The molecule has 0 spiro atoms. The van der Waals surface area contributed by atoms with Crippen LogP contribution in [-0.2, 0) is 6.42 Å². The normalized spacial score (nSPS) is 22.2. The van der Waals surface area contributed by atoms with Crippen LogP contribution >= 0.6 is 0 Å². The van der Waals surface area contributed by atoms with Crippen molar-refractivity contribution in [3.63, 3.8) is 0 Å². The lowest BCUT2D eigenvalue weighted by Gasteiger charge is -2.35. The largest absolute Gasteiger partial charge is 0.321 e. The van der Waals surface area contributed by atoms with Crippen molar-refractivity contribution < 1.29 is 0 Å². The first-order valence-electron chi connectivity index (χ1n) is 4.86. The van der Waals surface area contributed by atoms with Gasteiger partial charge in [-0.1, -0.05) is 20.8 Å². The van der Waals surface area contributed by atoms with E-state index in [2.05, 4.69) is 35.9 Å². The van der Waals surface area contributed by atoms with Crippen LogP contribution in [0.4, 0.5) is 0 Å². The predicted molar refractivity (Wildman–Crippen MR) is 53.2 cm³/mol. The highest BCUT2D eigenvalue weighted by Gasteiger charge is 2.28. The van der Waals surface area contributed by atoms with Gasteiger partial charge in [-0.15, -0.1) is 0 Å². The number of nitrogens with one attached hydrogen (secondary N) is 1. The fourth-order valence-electron chi connectivity index (χ4n) is 1.77. The molecular weight excluding hydrogens is 162 g/mol. The minimum Gasteiger partial charge on any atom is -0.321 e. The summed E-state index contributed by atoms with van der Waals surface area (Å²) in [6, 6.07) is 0.550. The maximum Gasteiger partial charge on any atom is 0.127 e. The number of hydrogen-bond donors (Lipinski definition) is 1. The Hall–Kier alpha value is -0.990. The van der Waals surface area contributed by atoms with Crippen molar-refractivity contribution in [2.45, 2.75) is 39.7 Å². The monoisotopic (exact) mass is 179 g/mol. The lowest BCUT2D eigenvalue weighted by Crippen LogP contribution is -2.42. The van der Waals surface area contributed by atoms with Crippen molar-refractivity contribution in [3.05, 3.63) is 18.2 Å². The maximum absolute atomic E-state index is 4.27. The molecular formula is C10H17N3. The van der Waals surface area contributed by atoms with Crippen molar-refractivity contribution in [2.24, 2.45) is 5.41 Å². The number of hydrogen-bond acceptors (Lipinski definition) is 2. The number of aryl methyl sites for hydroxylation is 1. The maximum atomic E-state index is 4.27. The predicted octanol–water partition coefficient (Wildman–Crippen LogP) is 1.79. The third-order valence-electron chi connectivity index (χ3n) is 2.71. The van der Waals surface area contributed by atoms with Gasteiger partial charge < -0.3 is 5.43 Å². The SMILES string of the molecule is CC(C)(C)C1CCc2nccn2N1. The molecule has 1 unspecified atom stereocenters. The van der Waals surface area contributed by atoms with Gasteiger partial charge in [-0.25, -0.2) is 4.98 Å². The summed E-state index contributed by atoms with van der Waals surface area (Å²) >= 11 is 0. The molecule has 0 saturated heterocycles. The molecule has 2 heterocycles. The Morgan fingerprint density at radius 3 is 3.00 bits per heavy atom. The average Bonchev–Trinajstić information content (AvgIpc) is 2.47. The number of imidazole rings is 1. The van der Waals surface area contributed by atoms with Crippen LogP contribution in [-0.4, -0.2) is 15.7 Å². The summed E-state index contributed by atoms with van der Waals surface area (Å²) in [6.07, 6.45) is 6.11. The summed E-state index contributed by atoms with van der Waals surface area (Å²) in [6.45, 7) is 6.81. The van der Waals surface area contributed by atoms with Gasteiger partial charge in [0.25, 0.3) is 0 Å². The molecule has 3 heteroatoms. The molecule has 0 radical (unpaired) electrons. The molecule has 72 valence electrons. The molecule has 0 fully saturated rings. The van der Waals surface area contributed by atoms with Gasteiger partial charge >= 0.3 is 0 Å². The molecule has 1 N–H and O–H groups in total. The molecule has 0 bridgehead atoms. The Morgan fingerprint density at radius 2 is 2.31 bits per heavy atom. The van der Waals surface area contributed by atoms with E-state index < -0.39 is 0 Å². The van der Waals surface area contributed by atoms with Gasteiger partial charge in [0, 0.05) is 24.9 Å². The Morgan fingerprint density at radius 1 is 1.54 bits per heavy atom. The van der Waals surface area contributed by atoms with Crippen LogP contribution in [0.15, 0.2) is 12.4 Å². The lowest BCUT2D eigenvalue weighted by molar-refractivity contribution is 0.291. The highest BCUT2D eigenvalue weighted by atomic mass is 15.5. The lowest BCUT2D eigenvalue weighted by atomic mass is 9.84. The fraction of sp³-hybridized carbons (Fsp3) is 0.700. The van der Waals surface area contributed by atoms with Gasteiger partial charge in [0.1, 0.15) is 5.82 Å². The van der Waals surface area contributed by atoms with Gasteiger partial charge in [-0.3, -0.25) is 4.68 Å². The second-order valence-corrected chi connectivity index (χ2v) is 4.80. The molecule has 0 aromatic carbocycles. The quantitative estimate of drug-likeness (QED) is 0.658. The van der Waals surface area contributed by atoms with E-state index in [1.807, 2.05) is 12.4 Å². The molecule has 0 saturated carbocycles. The van der Waals surface area contributed by atoms with Crippen molar-refractivity contribution >= 4 is 0 Å². The smallest absolute Gasteiger partial charge is 0.127 e. The highest BCUT2D eigenvalue weighted by Crippen LogP contribution is 2.26. The molecule has 1 atom stereocenters. The zero-order valence-corrected chi connectivity index (χ0v) is 8.54. The molecule has 1 aromatic rings. The third-order valence-corrected chi connectivity index (χ3v) is 2.71.